The second-order valence-electron chi connectivity index (χ2n) is 3.25. The quantitative estimate of drug-likeness (QED) is 0.686. The summed E-state index contributed by atoms with van der Waals surface area (Å²) in [5.74, 6) is -2.33. The molecule has 1 rings (SSSR count). The summed E-state index contributed by atoms with van der Waals surface area (Å²) < 4.78 is 4.38. The number of nitrogens with zero attached hydrogens (tertiary/aromatic N) is 1. The maximum Gasteiger partial charge on any atom is 0.392 e. The number of carbonyl (C=O) groups is 2. The smallest absolute Gasteiger partial charge is 0.392 e. The highest BCUT2D eigenvalue weighted by Crippen LogP contribution is 1.96. The first-order chi connectivity index (χ1) is 7.36. The number of carboxylic acids is 2. The van der Waals surface area contributed by atoms with E-state index in [1.807, 2.05) is 0 Å². The van der Waals surface area contributed by atoms with Gasteiger partial charge in [-0.05, 0) is 5.92 Å². The number of aliphatic carboxylic acids is 1. The van der Waals surface area contributed by atoms with Crippen LogP contribution >= 0.6 is 0 Å². The number of aromatic nitrogens is 1. The van der Waals surface area contributed by atoms with Crippen LogP contribution in [0.4, 0.5) is 0 Å². The summed E-state index contributed by atoms with van der Waals surface area (Å²) in [7, 11) is 0. The normalized spacial score (nSPS) is 11.5. The molecule has 90 valence electrons. The fourth-order valence-corrected chi connectivity index (χ4v) is 0.614. The minimum Gasteiger partial charge on any atom is -0.480 e. The molecule has 0 bridgehead atoms. The van der Waals surface area contributed by atoms with E-state index in [9.17, 15) is 9.59 Å². The van der Waals surface area contributed by atoms with Gasteiger partial charge in [-0.1, -0.05) is 13.8 Å². The molecular formula is C9H14N2O5. The van der Waals surface area contributed by atoms with Gasteiger partial charge in [0.1, 0.15) is 12.3 Å². The Morgan fingerprint density at radius 2 is 2.00 bits per heavy atom. The first-order valence-electron chi connectivity index (χ1n) is 4.47. The predicted octanol–water partition coefficient (Wildman–Crippen LogP) is 0.427. The molecule has 0 spiro atoms. The van der Waals surface area contributed by atoms with Crippen LogP contribution < -0.4 is 5.73 Å². The Labute approximate surface area is 91.9 Å². The van der Waals surface area contributed by atoms with E-state index in [2.05, 4.69) is 9.40 Å². The summed E-state index contributed by atoms with van der Waals surface area (Å²) in [6.45, 7) is 3.55. The second kappa shape index (κ2) is 6.57. The molecule has 0 fully saturated rings. The molecule has 7 nitrogen and oxygen atoms in total. The van der Waals surface area contributed by atoms with Gasteiger partial charge in [-0.15, -0.1) is 0 Å². The number of oxazole rings is 1. The second-order valence-corrected chi connectivity index (χ2v) is 3.25. The Hall–Kier alpha value is -1.89. The summed E-state index contributed by atoms with van der Waals surface area (Å²) in [6.07, 6.45) is 2.49. The Kier molecular flexibility index (Phi) is 5.79. The SMILES string of the molecule is CC(C)[C@H](N)C(=O)O.O=C(O)c1ncco1. The Morgan fingerprint density at radius 3 is 2.12 bits per heavy atom. The lowest BCUT2D eigenvalue weighted by molar-refractivity contribution is -0.139. The van der Waals surface area contributed by atoms with E-state index < -0.39 is 18.0 Å². The Bertz CT molecular complexity index is 334. The fraction of sp³-hybridized carbons (Fsp3) is 0.444. The third-order valence-corrected chi connectivity index (χ3v) is 1.62. The summed E-state index contributed by atoms with van der Waals surface area (Å²) in [5, 5.41) is 16.3. The minimum atomic E-state index is -1.14. The maximum atomic E-state index is 10.0. The number of nitrogens with two attached hydrogens (primary N) is 1. The highest BCUT2D eigenvalue weighted by atomic mass is 16.4. The standard InChI is InChI=1S/C5H11NO2.C4H3NO3/c1-3(2)4(6)5(7)8;6-4(7)3-5-1-2-8-3/h3-4H,6H2,1-2H3,(H,7,8);1-2H,(H,6,7)/t4-;/m0./s1. The number of rotatable bonds is 3. The molecule has 0 aliphatic heterocycles. The molecule has 1 heterocycles. The minimum absolute atomic E-state index is 0.0208. The third-order valence-electron chi connectivity index (χ3n) is 1.62. The van der Waals surface area contributed by atoms with Crippen molar-refractivity contribution in [2.24, 2.45) is 11.7 Å². The average Bonchev–Trinajstić information content (AvgIpc) is 2.70. The van der Waals surface area contributed by atoms with Crippen LogP contribution in [-0.4, -0.2) is 33.2 Å². The van der Waals surface area contributed by atoms with E-state index in [4.69, 9.17) is 15.9 Å². The van der Waals surface area contributed by atoms with Crippen LogP contribution in [0.5, 0.6) is 0 Å². The van der Waals surface area contributed by atoms with Gasteiger partial charge in [0.15, 0.2) is 0 Å². The van der Waals surface area contributed by atoms with Gasteiger partial charge in [-0.3, -0.25) is 4.79 Å². The average molecular weight is 230 g/mol. The van der Waals surface area contributed by atoms with Gasteiger partial charge in [0.05, 0.1) is 6.20 Å². The molecule has 0 amide bonds. The van der Waals surface area contributed by atoms with Gasteiger partial charge in [0, 0.05) is 0 Å². The molecule has 4 N–H and O–H groups in total. The van der Waals surface area contributed by atoms with E-state index in [1.165, 1.54) is 12.5 Å². The highest BCUT2D eigenvalue weighted by molar-refractivity contribution is 5.81. The van der Waals surface area contributed by atoms with Crippen molar-refractivity contribution in [2.45, 2.75) is 19.9 Å². The summed E-state index contributed by atoms with van der Waals surface area (Å²) >= 11 is 0. The van der Waals surface area contributed by atoms with Crippen LogP contribution in [0, 0.1) is 5.92 Å². The van der Waals surface area contributed by atoms with Crippen LogP contribution in [0.3, 0.4) is 0 Å². The molecule has 1 aromatic rings. The number of aromatic carboxylic acids is 1. The van der Waals surface area contributed by atoms with Gasteiger partial charge in [-0.2, -0.15) is 0 Å². The van der Waals surface area contributed by atoms with Gasteiger partial charge < -0.3 is 20.4 Å². The van der Waals surface area contributed by atoms with Crippen molar-refractivity contribution in [3.63, 3.8) is 0 Å². The zero-order chi connectivity index (χ0) is 12.7. The summed E-state index contributed by atoms with van der Waals surface area (Å²) in [6, 6.07) is -0.713. The molecule has 0 aliphatic carbocycles. The monoisotopic (exact) mass is 230 g/mol. The van der Waals surface area contributed by atoms with Gasteiger partial charge in [-0.25, -0.2) is 9.78 Å². The van der Waals surface area contributed by atoms with Crippen molar-refractivity contribution in [1.82, 2.24) is 4.98 Å². The Morgan fingerprint density at radius 1 is 1.44 bits per heavy atom. The van der Waals surface area contributed by atoms with E-state index in [-0.39, 0.29) is 11.8 Å². The van der Waals surface area contributed by atoms with Crippen molar-refractivity contribution in [3.05, 3.63) is 18.4 Å². The molecule has 0 aliphatic rings. The lowest BCUT2D eigenvalue weighted by Crippen LogP contribution is -2.34. The van der Waals surface area contributed by atoms with Crippen molar-refractivity contribution < 1.29 is 24.2 Å². The number of hydrogen-bond acceptors (Lipinski definition) is 5. The first-order valence-corrected chi connectivity index (χ1v) is 4.47. The fourth-order valence-electron chi connectivity index (χ4n) is 0.614. The highest BCUT2D eigenvalue weighted by Gasteiger charge is 2.14. The molecule has 7 heteroatoms. The molecule has 0 saturated heterocycles. The molecule has 0 aromatic carbocycles. The van der Waals surface area contributed by atoms with Crippen LogP contribution in [0.25, 0.3) is 0 Å². The first kappa shape index (κ1) is 14.1. The molecule has 0 saturated carbocycles. The van der Waals surface area contributed by atoms with Gasteiger partial charge in [0.2, 0.25) is 0 Å². The molecular weight excluding hydrogens is 216 g/mol. The van der Waals surface area contributed by atoms with Gasteiger partial charge >= 0.3 is 17.8 Å². The van der Waals surface area contributed by atoms with Crippen molar-refractivity contribution in [1.29, 1.82) is 0 Å². The number of hydrogen-bond donors (Lipinski definition) is 3. The van der Waals surface area contributed by atoms with Crippen LogP contribution in [0.15, 0.2) is 16.9 Å². The van der Waals surface area contributed by atoms with E-state index in [1.54, 1.807) is 13.8 Å². The summed E-state index contributed by atoms with van der Waals surface area (Å²) in [5.41, 5.74) is 5.16. The molecule has 1 atom stereocenters. The zero-order valence-electron chi connectivity index (χ0n) is 8.95. The van der Waals surface area contributed by atoms with Crippen molar-refractivity contribution in [2.75, 3.05) is 0 Å². The Balaban J connectivity index is 0.000000281. The molecule has 16 heavy (non-hydrogen) atoms. The van der Waals surface area contributed by atoms with E-state index >= 15 is 0 Å². The van der Waals surface area contributed by atoms with Crippen LogP contribution in [0.1, 0.15) is 24.5 Å². The summed E-state index contributed by atoms with van der Waals surface area (Å²) in [4.78, 5) is 23.3. The number of carboxylic acid groups (broad SMARTS) is 2. The molecule has 0 radical (unpaired) electrons. The van der Waals surface area contributed by atoms with Crippen LogP contribution in [-0.2, 0) is 4.79 Å². The van der Waals surface area contributed by atoms with Crippen molar-refractivity contribution >= 4 is 11.9 Å². The lowest BCUT2D eigenvalue weighted by Gasteiger charge is -2.07. The predicted molar refractivity (Wildman–Crippen MR) is 53.9 cm³/mol. The largest absolute Gasteiger partial charge is 0.480 e. The van der Waals surface area contributed by atoms with E-state index in [0.29, 0.717) is 0 Å². The lowest BCUT2D eigenvalue weighted by atomic mass is 10.1. The maximum absolute atomic E-state index is 10.0. The topological polar surface area (TPSA) is 127 Å². The molecule has 1 aromatic heterocycles. The van der Waals surface area contributed by atoms with Crippen LogP contribution in [0.2, 0.25) is 0 Å². The zero-order valence-corrected chi connectivity index (χ0v) is 8.95. The molecule has 0 unspecified atom stereocenters. The van der Waals surface area contributed by atoms with Crippen molar-refractivity contribution in [3.8, 4) is 0 Å². The third kappa shape index (κ3) is 5.11. The van der Waals surface area contributed by atoms with E-state index in [0.717, 1.165) is 0 Å². The van der Waals surface area contributed by atoms with Gasteiger partial charge in [0.25, 0.3) is 0 Å².